The largest absolute Gasteiger partial charge is 0.333 e. The van der Waals surface area contributed by atoms with Crippen LogP contribution in [0.4, 0.5) is 0 Å². The Bertz CT molecular complexity index is 709. The van der Waals surface area contributed by atoms with E-state index < -0.39 is 5.54 Å². The predicted molar refractivity (Wildman–Crippen MR) is 86.4 cm³/mol. The number of hydrogen-bond acceptors (Lipinski definition) is 3. The van der Waals surface area contributed by atoms with E-state index in [1.54, 1.807) is 13.8 Å². The Morgan fingerprint density at radius 1 is 1.36 bits per heavy atom. The van der Waals surface area contributed by atoms with Crippen molar-refractivity contribution in [3.8, 4) is 6.07 Å². The number of rotatable bonds is 6. The van der Waals surface area contributed by atoms with Crippen molar-refractivity contribution in [1.82, 2.24) is 15.1 Å². The van der Waals surface area contributed by atoms with Gasteiger partial charge in [0.1, 0.15) is 5.54 Å². The first-order valence-corrected chi connectivity index (χ1v) is 7.68. The van der Waals surface area contributed by atoms with Crippen molar-refractivity contribution in [3.05, 3.63) is 30.0 Å². The van der Waals surface area contributed by atoms with Crippen molar-refractivity contribution >= 4 is 16.8 Å². The topological polar surface area (TPSA) is 70.7 Å². The lowest BCUT2D eigenvalue weighted by Crippen LogP contribution is -2.42. The molecule has 1 aromatic heterocycles. The van der Waals surface area contributed by atoms with Crippen LogP contribution in [0.15, 0.2) is 24.3 Å². The molecule has 22 heavy (non-hydrogen) atoms. The molecule has 0 bridgehead atoms. The Balaban J connectivity index is 2.34. The summed E-state index contributed by atoms with van der Waals surface area (Å²) in [6, 6.07) is 9.78. The van der Waals surface area contributed by atoms with Crippen LogP contribution in [0, 0.1) is 11.3 Å². The third kappa shape index (κ3) is 3.45. The summed E-state index contributed by atoms with van der Waals surface area (Å²) < 4.78 is 1.89. The number of aryl methyl sites for hydroxylation is 1. The van der Waals surface area contributed by atoms with Gasteiger partial charge in [-0.25, -0.2) is 0 Å². The van der Waals surface area contributed by atoms with Gasteiger partial charge in [-0.15, -0.1) is 0 Å². The van der Waals surface area contributed by atoms with Gasteiger partial charge in [0.2, 0.25) is 0 Å². The summed E-state index contributed by atoms with van der Waals surface area (Å²) in [6.07, 6.45) is 3.31. The monoisotopic (exact) mass is 298 g/mol. The Morgan fingerprint density at radius 2 is 2.09 bits per heavy atom. The molecule has 2 rings (SSSR count). The molecule has 1 heterocycles. The summed E-state index contributed by atoms with van der Waals surface area (Å²) in [4.78, 5) is 12.4. The van der Waals surface area contributed by atoms with Gasteiger partial charge >= 0.3 is 0 Å². The lowest BCUT2D eigenvalue weighted by atomic mass is 10.1. The minimum atomic E-state index is -0.913. The van der Waals surface area contributed by atoms with Crippen LogP contribution in [0.5, 0.6) is 0 Å². The Labute approximate surface area is 130 Å². The third-order valence-corrected chi connectivity index (χ3v) is 3.55. The molecule has 5 nitrogen and oxygen atoms in total. The maximum Gasteiger partial charge on any atom is 0.273 e. The van der Waals surface area contributed by atoms with Gasteiger partial charge in [0, 0.05) is 11.9 Å². The lowest BCUT2D eigenvalue weighted by Gasteiger charge is -2.16. The van der Waals surface area contributed by atoms with Crippen LogP contribution in [0.1, 0.15) is 50.5 Å². The Morgan fingerprint density at radius 3 is 2.77 bits per heavy atom. The van der Waals surface area contributed by atoms with E-state index in [0.717, 1.165) is 36.7 Å². The summed E-state index contributed by atoms with van der Waals surface area (Å²) in [5.41, 5.74) is 0.429. The highest BCUT2D eigenvalue weighted by atomic mass is 16.2. The number of unbranched alkanes of at least 4 members (excludes halogenated alkanes) is 2. The van der Waals surface area contributed by atoms with Crippen molar-refractivity contribution in [3.63, 3.8) is 0 Å². The minimum absolute atomic E-state index is 0.308. The smallest absolute Gasteiger partial charge is 0.273 e. The van der Waals surface area contributed by atoms with Crippen LogP contribution in [0.25, 0.3) is 10.9 Å². The number of hydrogen-bond donors (Lipinski definition) is 1. The summed E-state index contributed by atoms with van der Waals surface area (Å²) in [5.74, 6) is -0.308. The molecule has 0 aliphatic rings. The van der Waals surface area contributed by atoms with Gasteiger partial charge in [-0.05, 0) is 26.3 Å². The highest BCUT2D eigenvalue weighted by molar-refractivity contribution is 6.05. The number of amides is 1. The van der Waals surface area contributed by atoms with Gasteiger partial charge in [0.15, 0.2) is 5.69 Å². The summed E-state index contributed by atoms with van der Waals surface area (Å²) >= 11 is 0. The number of carbonyl (C=O) groups is 1. The number of carbonyl (C=O) groups excluding carboxylic acids is 1. The zero-order valence-corrected chi connectivity index (χ0v) is 13.4. The van der Waals surface area contributed by atoms with E-state index in [1.165, 1.54) is 0 Å². The Hall–Kier alpha value is -2.35. The van der Waals surface area contributed by atoms with E-state index in [1.807, 2.05) is 28.9 Å². The number of aromatic nitrogens is 2. The minimum Gasteiger partial charge on any atom is -0.333 e. The van der Waals surface area contributed by atoms with Crippen molar-refractivity contribution < 1.29 is 4.79 Å². The van der Waals surface area contributed by atoms with Crippen LogP contribution >= 0.6 is 0 Å². The maximum absolute atomic E-state index is 12.4. The molecule has 2 aromatic rings. The molecule has 0 spiro atoms. The SMILES string of the molecule is CCCCCn1nc(C(=O)NC(C)(C)C#N)c2ccccc21. The first-order valence-electron chi connectivity index (χ1n) is 7.68. The number of nitrogens with zero attached hydrogens (tertiary/aromatic N) is 3. The van der Waals surface area contributed by atoms with Crippen LogP contribution < -0.4 is 5.32 Å². The van der Waals surface area contributed by atoms with Crippen LogP contribution in [-0.4, -0.2) is 21.2 Å². The fraction of sp³-hybridized carbons (Fsp3) is 0.471. The van der Waals surface area contributed by atoms with Crippen molar-refractivity contribution in [1.29, 1.82) is 5.26 Å². The molecule has 0 saturated carbocycles. The fourth-order valence-corrected chi connectivity index (χ4v) is 2.35. The molecule has 0 atom stereocenters. The second-order valence-corrected chi connectivity index (χ2v) is 5.99. The first-order chi connectivity index (χ1) is 10.5. The molecular weight excluding hydrogens is 276 g/mol. The molecule has 1 amide bonds. The van der Waals surface area contributed by atoms with Gasteiger partial charge in [0.25, 0.3) is 5.91 Å². The zero-order valence-electron chi connectivity index (χ0n) is 13.4. The fourth-order valence-electron chi connectivity index (χ4n) is 2.35. The lowest BCUT2D eigenvalue weighted by molar-refractivity contribution is 0.0925. The van der Waals surface area contributed by atoms with Crippen LogP contribution in [0.3, 0.4) is 0 Å². The normalized spacial score (nSPS) is 11.4. The van der Waals surface area contributed by atoms with Gasteiger partial charge in [-0.2, -0.15) is 10.4 Å². The van der Waals surface area contributed by atoms with E-state index in [0.29, 0.717) is 5.69 Å². The summed E-state index contributed by atoms with van der Waals surface area (Å²) in [5, 5.41) is 17.1. The molecular formula is C17H22N4O. The molecule has 116 valence electrons. The number of fused-ring (bicyclic) bond motifs is 1. The van der Waals surface area contributed by atoms with Crippen LogP contribution in [0.2, 0.25) is 0 Å². The zero-order chi connectivity index (χ0) is 16.2. The Kier molecular flexibility index (Phi) is 4.81. The number of para-hydroxylation sites is 1. The molecule has 0 unspecified atom stereocenters. The van der Waals surface area contributed by atoms with Crippen molar-refractivity contribution in [2.45, 2.75) is 52.1 Å². The van der Waals surface area contributed by atoms with Crippen molar-refractivity contribution in [2.75, 3.05) is 0 Å². The average molecular weight is 298 g/mol. The van der Waals surface area contributed by atoms with E-state index in [4.69, 9.17) is 5.26 Å². The number of nitriles is 1. The van der Waals surface area contributed by atoms with E-state index >= 15 is 0 Å². The molecule has 0 saturated heterocycles. The molecule has 5 heteroatoms. The number of benzene rings is 1. The molecule has 0 radical (unpaired) electrons. The van der Waals surface area contributed by atoms with Gasteiger partial charge in [-0.3, -0.25) is 9.48 Å². The third-order valence-electron chi connectivity index (χ3n) is 3.55. The second-order valence-electron chi connectivity index (χ2n) is 5.99. The highest BCUT2D eigenvalue weighted by Gasteiger charge is 2.24. The first kappa shape index (κ1) is 16.0. The maximum atomic E-state index is 12.4. The molecule has 1 aromatic carbocycles. The highest BCUT2D eigenvalue weighted by Crippen LogP contribution is 2.19. The molecule has 1 N–H and O–H groups in total. The van der Waals surface area contributed by atoms with Gasteiger partial charge in [-0.1, -0.05) is 38.0 Å². The summed E-state index contributed by atoms with van der Waals surface area (Å²) in [6.45, 7) is 6.30. The van der Waals surface area contributed by atoms with Crippen molar-refractivity contribution in [2.24, 2.45) is 0 Å². The van der Waals surface area contributed by atoms with E-state index in [2.05, 4.69) is 23.4 Å². The quantitative estimate of drug-likeness (QED) is 0.832. The number of nitrogens with one attached hydrogen (secondary N) is 1. The second kappa shape index (κ2) is 6.61. The standard InChI is InChI=1S/C17H22N4O/c1-4-5-8-11-21-14-10-7-6-9-13(14)15(20-21)16(22)19-17(2,3)12-18/h6-7,9-10H,4-5,8,11H2,1-3H3,(H,19,22). The predicted octanol–water partition coefficient (Wildman–Crippen LogP) is 3.26. The van der Waals surface area contributed by atoms with Gasteiger partial charge in [0.05, 0.1) is 11.6 Å². The molecule has 0 aliphatic heterocycles. The van der Waals surface area contributed by atoms with E-state index in [-0.39, 0.29) is 5.91 Å². The molecule has 0 fully saturated rings. The van der Waals surface area contributed by atoms with E-state index in [9.17, 15) is 4.79 Å². The van der Waals surface area contributed by atoms with Gasteiger partial charge < -0.3 is 5.32 Å². The average Bonchev–Trinajstić information content (AvgIpc) is 2.86. The summed E-state index contributed by atoms with van der Waals surface area (Å²) in [7, 11) is 0. The molecule has 0 aliphatic carbocycles. The van der Waals surface area contributed by atoms with Crippen LogP contribution in [-0.2, 0) is 6.54 Å².